The Kier molecular flexibility index (Phi) is 5.52. The highest BCUT2D eigenvalue weighted by atomic mass is 16.2. The van der Waals surface area contributed by atoms with Crippen LogP contribution in [0.5, 0.6) is 0 Å². The second-order valence-electron chi connectivity index (χ2n) is 8.06. The van der Waals surface area contributed by atoms with Crippen LogP contribution in [0.15, 0.2) is 55.1 Å². The molecule has 160 valence electrons. The maximum Gasteiger partial charge on any atom is 0.254 e. The van der Waals surface area contributed by atoms with Crippen molar-refractivity contribution in [3.63, 3.8) is 0 Å². The number of carbonyl (C=O) groups is 1. The molecule has 31 heavy (non-hydrogen) atoms. The summed E-state index contributed by atoms with van der Waals surface area (Å²) in [6.07, 6.45) is 9.02. The third kappa shape index (κ3) is 4.23. The van der Waals surface area contributed by atoms with E-state index in [1.54, 1.807) is 17.2 Å². The van der Waals surface area contributed by atoms with Crippen molar-refractivity contribution in [2.75, 3.05) is 49.1 Å². The molecule has 5 rings (SSSR count). The first-order chi connectivity index (χ1) is 15.3. The van der Waals surface area contributed by atoms with Gasteiger partial charge in [0.15, 0.2) is 0 Å². The van der Waals surface area contributed by atoms with Gasteiger partial charge in [0.05, 0.1) is 5.69 Å². The zero-order valence-electron chi connectivity index (χ0n) is 17.6. The Hall–Kier alpha value is -3.42. The minimum absolute atomic E-state index is 0.0605. The van der Waals surface area contributed by atoms with Crippen LogP contribution in [0.1, 0.15) is 29.6 Å². The predicted octanol–water partition coefficient (Wildman–Crippen LogP) is 2.62. The quantitative estimate of drug-likeness (QED) is 0.650. The van der Waals surface area contributed by atoms with Crippen molar-refractivity contribution in [2.45, 2.75) is 19.3 Å². The molecule has 0 saturated carbocycles. The normalized spacial score (nSPS) is 17.1. The van der Waals surface area contributed by atoms with Gasteiger partial charge in [-0.1, -0.05) is 6.07 Å². The van der Waals surface area contributed by atoms with E-state index in [1.165, 1.54) is 19.3 Å². The standard InChI is InChI=1S/C23H27N7O/c31-23(19-6-4-7-20(16-19)30-11-5-8-26-30)29-14-12-28(13-15-29)22-17-21(24-18-25-22)27-9-2-1-3-10-27/h4-8,11,16-18H,1-3,9-10,12-15H2. The molecule has 4 heterocycles. The number of nitrogens with zero attached hydrogens (tertiary/aromatic N) is 7. The third-order valence-electron chi connectivity index (χ3n) is 6.07. The second-order valence-corrected chi connectivity index (χ2v) is 8.06. The molecule has 8 nitrogen and oxygen atoms in total. The van der Waals surface area contributed by atoms with Gasteiger partial charge < -0.3 is 14.7 Å². The Balaban J connectivity index is 1.24. The van der Waals surface area contributed by atoms with Gasteiger partial charge in [0.2, 0.25) is 0 Å². The lowest BCUT2D eigenvalue weighted by Crippen LogP contribution is -2.49. The zero-order valence-corrected chi connectivity index (χ0v) is 17.6. The Morgan fingerprint density at radius 3 is 2.26 bits per heavy atom. The van der Waals surface area contributed by atoms with Crippen LogP contribution in [0.3, 0.4) is 0 Å². The van der Waals surface area contributed by atoms with Crippen LogP contribution >= 0.6 is 0 Å². The van der Waals surface area contributed by atoms with Crippen molar-refractivity contribution in [2.24, 2.45) is 0 Å². The molecule has 0 atom stereocenters. The summed E-state index contributed by atoms with van der Waals surface area (Å²) < 4.78 is 1.77. The van der Waals surface area contributed by atoms with E-state index in [4.69, 9.17) is 0 Å². The molecule has 2 fully saturated rings. The van der Waals surface area contributed by atoms with Gasteiger partial charge >= 0.3 is 0 Å². The summed E-state index contributed by atoms with van der Waals surface area (Å²) in [5, 5.41) is 4.25. The van der Waals surface area contributed by atoms with Gasteiger partial charge in [0, 0.05) is 63.3 Å². The maximum absolute atomic E-state index is 13.1. The van der Waals surface area contributed by atoms with E-state index in [0.29, 0.717) is 18.7 Å². The lowest BCUT2D eigenvalue weighted by Gasteiger charge is -2.36. The van der Waals surface area contributed by atoms with Gasteiger partial charge in [0.1, 0.15) is 18.0 Å². The summed E-state index contributed by atoms with van der Waals surface area (Å²) in [5.74, 6) is 2.02. The molecule has 1 amide bonds. The number of piperidine rings is 1. The van der Waals surface area contributed by atoms with E-state index in [1.807, 2.05) is 41.4 Å². The molecule has 0 spiro atoms. The number of aromatic nitrogens is 4. The van der Waals surface area contributed by atoms with Gasteiger partial charge in [-0.05, 0) is 43.5 Å². The third-order valence-corrected chi connectivity index (χ3v) is 6.07. The average molecular weight is 418 g/mol. The molecule has 8 heteroatoms. The van der Waals surface area contributed by atoms with E-state index in [-0.39, 0.29) is 5.91 Å². The second kappa shape index (κ2) is 8.75. The van der Waals surface area contributed by atoms with Crippen molar-refractivity contribution >= 4 is 17.5 Å². The van der Waals surface area contributed by atoms with Crippen LogP contribution in [0.2, 0.25) is 0 Å². The summed E-state index contributed by atoms with van der Waals surface area (Å²) in [6.45, 7) is 5.01. The largest absolute Gasteiger partial charge is 0.356 e. The Morgan fingerprint density at radius 1 is 0.806 bits per heavy atom. The van der Waals surface area contributed by atoms with E-state index in [9.17, 15) is 4.79 Å². The fourth-order valence-electron chi connectivity index (χ4n) is 4.33. The van der Waals surface area contributed by atoms with Crippen molar-refractivity contribution in [3.05, 3.63) is 60.7 Å². The number of hydrogen-bond acceptors (Lipinski definition) is 6. The molecule has 2 aliphatic rings. The van der Waals surface area contributed by atoms with E-state index in [2.05, 4.69) is 30.9 Å². The molecule has 0 bridgehead atoms. The van der Waals surface area contributed by atoms with Crippen LogP contribution in [-0.2, 0) is 0 Å². The van der Waals surface area contributed by atoms with Crippen LogP contribution in [0.4, 0.5) is 11.6 Å². The summed E-state index contributed by atoms with van der Waals surface area (Å²) >= 11 is 0. The number of anilines is 2. The van der Waals surface area contributed by atoms with Gasteiger partial charge in [0.25, 0.3) is 5.91 Å². The van der Waals surface area contributed by atoms with Gasteiger partial charge in [-0.25, -0.2) is 14.6 Å². The molecule has 1 aromatic carbocycles. The minimum atomic E-state index is 0.0605. The molecule has 0 radical (unpaired) electrons. The molecular weight excluding hydrogens is 390 g/mol. The van der Waals surface area contributed by atoms with Crippen LogP contribution in [0, 0.1) is 0 Å². The average Bonchev–Trinajstić information content (AvgIpc) is 3.40. The lowest BCUT2D eigenvalue weighted by atomic mass is 10.1. The lowest BCUT2D eigenvalue weighted by molar-refractivity contribution is 0.0746. The number of rotatable bonds is 4. The summed E-state index contributed by atoms with van der Waals surface area (Å²) in [5.41, 5.74) is 1.58. The Labute approximate surface area is 182 Å². The smallest absolute Gasteiger partial charge is 0.254 e. The highest BCUT2D eigenvalue weighted by molar-refractivity contribution is 5.95. The van der Waals surface area contributed by atoms with Crippen molar-refractivity contribution in [1.29, 1.82) is 0 Å². The van der Waals surface area contributed by atoms with Gasteiger partial charge in [-0.2, -0.15) is 5.10 Å². The number of benzene rings is 1. The summed E-state index contributed by atoms with van der Waals surface area (Å²) in [7, 11) is 0. The molecule has 0 unspecified atom stereocenters. The van der Waals surface area contributed by atoms with Gasteiger partial charge in [-0.3, -0.25) is 4.79 Å². The van der Waals surface area contributed by atoms with Crippen molar-refractivity contribution < 1.29 is 4.79 Å². The molecule has 0 N–H and O–H groups in total. The summed E-state index contributed by atoms with van der Waals surface area (Å²) in [4.78, 5) is 28.6. The fraction of sp³-hybridized carbons (Fsp3) is 0.391. The number of amides is 1. The predicted molar refractivity (Wildman–Crippen MR) is 120 cm³/mol. The Bertz CT molecular complexity index is 1020. The Morgan fingerprint density at radius 2 is 1.55 bits per heavy atom. The number of hydrogen-bond donors (Lipinski definition) is 0. The molecule has 2 saturated heterocycles. The zero-order chi connectivity index (χ0) is 21.0. The number of piperazine rings is 1. The highest BCUT2D eigenvalue weighted by Gasteiger charge is 2.24. The van der Waals surface area contributed by atoms with Crippen molar-refractivity contribution in [3.8, 4) is 5.69 Å². The molecule has 0 aliphatic carbocycles. The summed E-state index contributed by atoms with van der Waals surface area (Å²) in [6, 6.07) is 11.6. The van der Waals surface area contributed by atoms with Crippen LogP contribution in [-0.4, -0.2) is 69.8 Å². The first kappa shape index (κ1) is 19.5. The van der Waals surface area contributed by atoms with E-state index < -0.39 is 0 Å². The monoisotopic (exact) mass is 417 g/mol. The molecule has 2 aliphatic heterocycles. The SMILES string of the molecule is O=C(c1cccc(-n2cccn2)c1)N1CCN(c2cc(N3CCCCC3)ncn2)CC1. The van der Waals surface area contributed by atoms with Gasteiger partial charge in [-0.15, -0.1) is 0 Å². The first-order valence-corrected chi connectivity index (χ1v) is 11.0. The maximum atomic E-state index is 13.1. The number of carbonyl (C=O) groups excluding carboxylic acids is 1. The minimum Gasteiger partial charge on any atom is -0.356 e. The van der Waals surface area contributed by atoms with E-state index >= 15 is 0 Å². The topological polar surface area (TPSA) is 70.4 Å². The van der Waals surface area contributed by atoms with Crippen LogP contribution in [0.25, 0.3) is 5.69 Å². The molecule has 3 aromatic rings. The fourth-order valence-corrected chi connectivity index (χ4v) is 4.33. The molecular formula is C23H27N7O. The highest BCUT2D eigenvalue weighted by Crippen LogP contribution is 2.22. The molecule has 2 aromatic heterocycles. The van der Waals surface area contributed by atoms with Crippen LogP contribution < -0.4 is 9.80 Å². The first-order valence-electron chi connectivity index (χ1n) is 11.0. The van der Waals surface area contributed by atoms with E-state index in [0.717, 1.165) is 43.5 Å². The van der Waals surface area contributed by atoms with Crippen molar-refractivity contribution in [1.82, 2.24) is 24.6 Å².